The summed E-state index contributed by atoms with van der Waals surface area (Å²) in [4.78, 5) is 29.8. The van der Waals surface area contributed by atoms with Crippen LogP contribution in [-0.2, 0) is 4.79 Å². The van der Waals surface area contributed by atoms with Crippen molar-refractivity contribution in [3.8, 4) is 5.75 Å². The van der Waals surface area contributed by atoms with E-state index in [2.05, 4.69) is 4.99 Å². The molecule has 0 radical (unpaired) electrons. The fourth-order valence-corrected chi connectivity index (χ4v) is 3.49. The highest BCUT2D eigenvalue weighted by Gasteiger charge is 2.30. The summed E-state index contributed by atoms with van der Waals surface area (Å²) in [5.74, 6) is -0.614. The fraction of sp³-hybridized carbons (Fsp3) is 0.150. The third kappa shape index (κ3) is 4.03. The molecule has 27 heavy (non-hydrogen) atoms. The van der Waals surface area contributed by atoms with Crippen molar-refractivity contribution in [2.45, 2.75) is 6.92 Å². The molecule has 6 nitrogen and oxygen atoms in total. The lowest BCUT2D eigenvalue weighted by molar-refractivity contribution is -0.255. The van der Waals surface area contributed by atoms with E-state index in [9.17, 15) is 14.7 Å². The Balaban J connectivity index is 1.87. The van der Waals surface area contributed by atoms with Gasteiger partial charge < -0.3 is 14.6 Å². The number of hydrogen-bond acceptors (Lipinski definition) is 6. The Morgan fingerprint density at radius 2 is 1.93 bits per heavy atom. The van der Waals surface area contributed by atoms with E-state index in [1.807, 2.05) is 31.2 Å². The summed E-state index contributed by atoms with van der Waals surface area (Å²) in [7, 11) is 3.27. The first-order valence-electron chi connectivity index (χ1n) is 8.11. The molecule has 1 aliphatic heterocycles. The lowest BCUT2D eigenvalue weighted by Gasteiger charge is -2.07. The number of aryl methyl sites for hydroxylation is 1. The number of benzene rings is 2. The molecule has 1 saturated heterocycles. The molecule has 3 rings (SSSR count). The van der Waals surface area contributed by atoms with E-state index in [1.165, 1.54) is 28.8 Å². The van der Waals surface area contributed by atoms with Crippen molar-refractivity contribution in [1.29, 1.82) is 0 Å². The van der Waals surface area contributed by atoms with Crippen LogP contribution in [-0.4, -0.2) is 36.1 Å². The summed E-state index contributed by atoms with van der Waals surface area (Å²) >= 11 is 1.27. The number of methoxy groups -OCH3 is 1. The van der Waals surface area contributed by atoms with E-state index in [-0.39, 0.29) is 11.5 Å². The summed E-state index contributed by atoms with van der Waals surface area (Å²) < 4.78 is 5.20. The van der Waals surface area contributed by atoms with Gasteiger partial charge in [-0.3, -0.25) is 9.69 Å². The molecule has 138 valence electrons. The van der Waals surface area contributed by atoms with Crippen molar-refractivity contribution in [3.05, 3.63) is 64.1 Å². The van der Waals surface area contributed by atoms with Gasteiger partial charge in [0.25, 0.3) is 5.91 Å². The minimum absolute atomic E-state index is 0.0815. The summed E-state index contributed by atoms with van der Waals surface area (Å²) in [6, 6.07) is 11.7. The first-order valence-corrected chi connectivity index (χ1v) is 8.93. The van der Waals surface area contributed by atoms with Gasteiger partial charge in [0.1, 0.15) is 5.75 Å². The molecule has 0 unspecified atom stereocenters. The van der Waals surface area contributed by atoms with E-state index in [1.54, 1.807) is 26.3 Å². The quantitative estimate of drug-likeness (QED) is 0.761. The number of amides is 1. The molecule has 0 bridgehead atoms. The Kier molecular flexibility index (Phi) is 5.32. The zero-order valence-electron chi connectivity index (χ0n) is 15.1. The normalized spacial score (nSPS) is 17.0. The van der Waals surface area contributed by atoms with Crippen LogP contribution in [0.2, 0.25) is 0 Å². The van der Waals surface area contributed by atoms with Crippen LogP contribution in [0.4, 0.5) is 5.69 Å². The van der Waals surface area contributed by atoms with Crippen molar-refractivity contribution < 1.29 is 19.4 Å². The average molecular weight is 381 g/mol. The number of likely N-dealkylation sites (N-methyl/N-ethyl adjacent to an activating group) is 1. The maximum atomic E-state index is 12.5. The lowest BCUT2D eigenvalue weighted by atomic mass is 10.1. The van der Waals surface area contributed by atoms with Crippen LogP contribution in [0.1, 0.15) is 21.5 Å². The minimum Gasteiger partial charge on any atom is -0.545 e. The van der Waals surface area contributed by atoms with Crippen LogP contribution in [0, 0.1) is 6.92 Å². The first-order chi connectivity index (χ1) is 12.9. The molecule has 0 spiro atoms. The van der Waals surface area contributed by atoms with E-state index in [0.717, 1.165) is 16.9 Å². The monoisotopic (exact) mass is 381 g/mol. The van der Waals surface area contributed by atoms with Crippen molar-refractivity contribution in [2.75, 3.05) is 14.2 Å². The maximum absolute atomic E-state index is 12.5. The van der Waals surface area contributed by atoms with Crippen LogP contribution in [0.3, 0.4) is 0 Å². The first kappa shape index (κ1) is 18.7. The largest absolute Gasteiger partial charge is 0.545 e. The molecule has 1 amide bonds. The average Bonchev–Trinajstić information content (AvgIpc) is 2.91. The fourth-order valence-electron chi connectivity index (χ4n) is 2.51. The molecule has 1 fully saturated rings. The van der Waals surface area contributed by atoms with Gasteiger partial charge in [-0.15, -0.1) is 0 Å². The molecular weight excluding hydrogens is 364 g/mol. The Hall–Kier alpha value is -3.06. The lowest BCUT2D eigenvalue weighted by Crippen LogP contribution is -2.23. The van der Waals surface area contributed by atoms with Gasteiger partial charge in [0.05, 0.1) is 23.7 Å². The Labute approximate surface area is 161 Å². The van der Waals surface area contributed by atoms with Gasteiger partial charge in [-0.2, -0.15) is 0 Å². The van der Waals surface area contributed by atoms with Gasteiger partial charge in [0, 0.05) is 7.05 Å². The van der Waals surface area contributed by atoms with E-state index < -0.39 is 5.97 Å². The van der Waals surface area contributed by atoms with Gasteiger partial charge in [-0.05, 0) is 65.7 Å². The van der Waals surface area contributed by atoms with Gasteiger partial charge >= 0.3 is 0 Å². The number of carboxylic acids is 1. The molecule has 0 atom stereocenters. The van der Waals surface area contributed by atoms with Crippen molar-refractivity contribution in [2.24, 2.45) is 4.99 Å². The highest BCUT2D eigenvalue weighted by Crippen LogP contribution is 2.34. The van der Waals surface area contributed by atoms with Gasteiger partial charge in [0.2, 0.25) is 0 Å². The molecule has 2 aromatic carbocycles. The number of amidine groups is 1. The number of aliphatic imine (C=N–C) groups is 1. The van der Waals surface area contributed by atoms with Crippen LogP contribution in [0.5, 0.6) is 5.75 Å². The molecule has 0 saturated carbocycles. The van der Waals surface area contributed by atoms with Crippen LogP contribution < -0.4 is 9.84 Å². The predicted octanol–water partition coefficient (Wildman–Crippen LogP) is 2.60. The summed E-state index contributed by atoms with van der Waals surface area (Å²) in [5, 5.41) is 11.3. The Morgan fingerprint density at radius 3 is 2.52 bits per heavy atom. The van der Waals surface area contributed by atoms with Gasteiger partial charge in [0.15, 0.2) is 5.17 Å². The highest BCUT2D eigenvalue weighted by molar-refractivity contribution is 8.18. The molecule has 1 aliphatic rings. The SMILES string of the molecule is COc1ccc(/C=C2/SC(=Nc3ccc(C(=O)[O-])cc3)N(C)C2=O)c(C)c1. The van der Waals surface area contributed by atoms with Crippen molar-refractivity contribution in [3.63, 3.8) is 0 Å². The number of hydrogen-bond donors (Lipinski definition) is 0. The Morgan fingerprint density at radius 1 is 1.22 bits per heavy atom. The van der Waals surface area contributed by atoms with Gasteiger partial charge in [-0.1, -0.05) is 18.2 Å². The second-order valence-corrected chi connectivity index (χ2v) is 6.94. The summed E-state index contributed by atoms with van der Waals surface area (Å²) in [6.45, 7) is 1.95. The van der Waals surface area contributed by atoms with Crippen LogP contribution in [0.25, 0.3) is 6.08 Å². The maximum Gasteiger partial charge on any atom is 0.266 e. The Bertz CT molecular complexity index is 964. The van der Waals surface area contributed by atoms with E-state index in [0.29, 0.717) is 15.8 Å². The molecule has 0 aromatic heterocycles. The molecule has 0 N–H and O–H groups in total. The van der Waals surface area contributed by atoms with Gasteiger partial charge in [-0.25, -0.2) is 4.99 Å². The molecule has 1 heterocycles. The molecular formula is C20H17N2O4S-. The third-order valence-corrected chi connectivity index (χ3v) is 5.16. The number of thioether (sulfide) groups is 1. The second kappa shape index (κ2) is 7.67. The molecule has 0 aliphatic carbocycles. The predicted molar refractivity (Wildman–Crippen MR) is 104 cm³/mol. The van der Waals surface area contributed by atoms with Crippen molar-refractivity contribution in [1.82, 2.24) is 4.90 Å². The van der Waals surface area contributed by atoms with Crippen LogP contribution in [0.15, 0.2) is 52.4 Å². The number of carboxylic acid groups (broad SMARTS) is 1. The van der Waals surface area contributed by atoms with E-state index in [4.69, 9.17) is 4.74 Å². The number of carbonyl (C=O) groups excluding carboxylic acids is 2. The minimum atomic E-state index is -1.24. The number of aromatic carboxylic acids is 1. The number of ether oxygens (including phenoxy) is 1. The second-order valence-electron chi connectivity index (χ2n) is 5.93. The zero-order valence-corrected chi connectivity index (χ0v) is 15.9. The summed E-state index contributed by atoms with van der Waals surface area (Å²) in [5.41, 5.74) is 2.57. The number of rotatable bonds is 4. The zero-order chi connectivity index (χ0) is 19.6. The third-order valence-electron chi connectivity index (χ3n) is 4.09. The highest BCUT2D eigenvalue weighted by atomic mass is 32.2. The summed E-state index contributed by atoms with van der Waals surface area (Å²) in [6.07, 6.45) is 1.83. The standard InChI is InChI=1S/C20H18N2O4S/c1-12-10-16(26-3)9-6-14(12)11-17-18(23)22(2)20(27-17)21-15-7-4-13(5-8-15)19(24)25/h4-11H,1-3H3,(H,24,25)/p-1/b17-11+,21-20?. The number of carbonyl (C=O) groups is 2. The molecule has 7 heteroatoms. The van der Waals surface area contributed by atoms with E-state index >= 15 is 0 Å². The number of nitrogens with zero attached hydrogens (tertiary/aromatic N) is 2. The molecule has 2 aromatic rings. The van der Waals surface area contributed by atoms with Crippen LogP contribution >= 0.6 is 11.8 Å². The topological polar surface area (TPSA) is 82.0 Å². The smallest absolute Gasteiger partial charge is 0.266 e. The van der Waals surface area contributed by atoms with Crippen molar-refractivity contribution >= 4 is 40.6 Å².